The van der Waals surface area contributed by atoms with Gasteiger partial charge in [-0.2, -0.15) is 0 Å². The Kier molecular flexibility index (Phi) is 4.04. The molecule has 2 saturated heterocycles. The summed E-state index contributed by atoms with van der Waals surface area (Å²) in [6, 6.07) is 0. The van der Waals surface area contributed by atoms with Crippen LogP contribution in [0.2, 0.25) is 0 Å². The molecule has 2 heterocycles. The number of hydrogen-bond donors (Lipinski definition) is 1. The lowest BCUT2D eigenvalue weighted by Gasteiger charge is -2.55. The SMILES string of the molecule is O=C(O)CC1(CN2CC3(CCOCC3)C2)CCCCC1. The van der Waals surface area contributed by atoms with Gasteiger partial charge in [0.2, 0.25) is 0 Å². The van der Waals surface area contributed by atoms with Gasteiger partial charge >= 0.3 is 5.97 Å². The molecular formula is C16H27NO3. The molecule has 0 atom stereocenters. The molecule has 4 nitrogen and oxygen atoms in total. The molecule has 0 amide bonds. The summed E-state index contributed by atoms with van der Waals surface area (Å²) in [4.78, 5) is 13.7. The third-order valence-corrected chi connectivity index (χ3v) is 5.67. The fourth-order valence-corrected chi connectivity index (χ4v) is 4.62. The maximum absolute atomic E-state index is 11.2. The van der Waals surface area contributed by atoms with Gasteiger partial charge in [0.05, 0.1) is 6.42 Å². The van der Waals surface area contributed by atoms with Gasteiger partial charge in [-0.25, -0.2) is 0 Å². The van der Waals surface area contributed by atoms with E-state index in [2.05, 4.69) is 4.90 Å². The van der Waals surface area contributed by atoms with Crippen LogP contribution >= 0.6 is 0 Å². The molecule has 1 saturated carbocycles. The van der Waals surface area contributed by atoms with Crippen LogP contribution in [0.5, 0.6) is 0 Å². The van der Waals surface area contributed by atoms with Crippen molar-refractivity contribution in [3.8, 4) is 0 Å². The Morgan fingerprint density at radius 3 is 2.30 bits per heavy atom. The van der Waals surface area contributed by atoms with E-state index in [9.17, 15) is 9.90 Å². The van der Waals surface area contributed by atoms with E-state index in [4.69, 9.17) is 4.74 Å². The van der Waals surface area contributed by atoms with Crippen molar-refractivity contribution in [2.45, 2.75) is 51.4 Å². The monoisotopic (exact) mass is 281 g/mol. The van der Waals surface area contributed by atoms with Crippen LogP contribution < -0.4 is 0 Å². The number of nitrogens with zero attached hydrogens (tertiary/aromatic N) is 1. The van der Waals surface area contributed by atoms with Gasteiger partial charge in [0.15, 0.2) is 0 Å². The van der Waals surface area contributed by atoms with E-state index in [0.717, 1.165) is 45.7 Å². The van der Waals surface area contributed by atoms with E-state index in [-0.39, 0.29) is 5.41 Å². The third kappa shape index (κ3) is 3.01. The molecule has 0 aromatic heterocycles. The molecule has 3 rings (SSSR count). The van der Waals surface area contributed by atoms with Crippen LogP contribution in [0.4, 0.5) is 0 Å². The quantitative estimate of drug-likeness (QED) is 0.860. The molecule has 1 spiro atoms. The average molecular weight is 281 g/mol. The first kappa shape index (κ1) is 14.3. The average Bonchev–Trinajstić information content (AvgIpc) is 2.38. The first-order valence-electron chi connectivity index (χ1n) is 8.14. The van der Waals surface area contributed by atoms with Gasteiger partial charge < -0.3 is 14.7 Å². The molecule has 1 aliphatic carbocycles. The maximum Gasteiger partial charge on any atom is 0.303 e. The predicted octanol–water partition coefficient (Wildman–Crippen LogP) is 2.52. The molecule has 2 aliphatic heterocycles. The number of ether oxygens (including phenoxy) is 1. The largest absolute Gasteiger partial charge is 0.481 e. The van der Waals surface area contributed by atoms with Crippen LogP contribution in [0.15, 0.2) is 0 Å². The molecule has 114 valence electrons. The summed E-state index contributed by atoms with van der Waals surface area (Å²) in [5.41, 5.74) is 0.550. The number of carboxylic acid groups (broad SMARTS) is 1. The topological polar surface area (TPSA) is 49.8 Å². The van der Waals surface area contributed by atoms with Crippen molar-refractivity contribution >= 4 is 5.97 Å². The summed E-state index contributed by atoms with van der Waals surface area (Å²) >= 11 is 0. The zero-order chi connectivity index (χ0) is 14.1. The lowest BCUT2D eigenvalue weighted by atomic mass is 9.68. The Morgan fingerprint density at radius 2 is 1.70 bits per heavy atom. The molecule has 0 unspecified atom stereocenters. The van der Waals surface area contributed by atoms with E-state index in [1.807, 2.05) is 0 Å². The van der Waals surface area contributed by atoms with Gasteiger partial charge in [-0.3, -0.25) is 4.79 Å². The molecule has 3 fully saturated rings. The van der Waals surface area contributed by atoms with Crippen molar-refractivity contribution < 1.29 is 14.6 Å². The minimum Gasteiger partial charge on any atom is -0.481 e. The molecule has 0 aromatic carbocycles. The second-order valence-electron chi connectivity index (χ2n) is 7.39. The van der Waals surface area contributed by atoms with Crippen LogP contribution in [-0.4, -0.2) is 48.8 Å². The predicted molar refractivity (Wildman–Crippen MR) is 76.7 cm³/mol. The van der Waals surface area contributed by atoms with E-state index in [1.165, 1.54) is 32.1 Å². The highest BCUT2D eigenvalue weighted by molar-refractivity contribution is 5.67. The van der Waals surface area contributed by atoms with Gasteiger partial charge in [0, 0.05) is 38.3 Å². The number of hydrogen-bond acceptors (Lipinski definition) is 3. The minimum absolute atomic E-state index is 0.0524. The van der Waals surface area contributed by atoms with Crippen LogP contribution in [0.1, 0.15) is 51.4 Å². The summed E-state index contributed by atoms with van der Waals surface area (Å²) in [7, 11) is 0. The summed E-state index contributed by atoms with van der Waals surface area (Å²) < 4.78 is 5.46. The Hall–Kier alpha value is -0.610. The summed E-state index contributed by atoms with van der Waals surface area (Å²) in [5, 5.41) is 9.24. The van der Waals surface area contributed by atoms with Gasteiger partial charge in [-0.15, -0.1) is 0 Å². The lowest BCUT2D eigenvalue weighted by Crippen LogP contribution is -2.60. The van der Waals surface area contributed by atoms with E-state index < -0.39 is 5.97 Å². The Morgan fingerprint density at radius 1 is 1.05 bits per heavy atom. The number of rotatable bonds is 4. The van der Waals surface area contributed by atoms with Crippen molar-refractivity contribution in [3.05, 3.63) is 0 Å². The zero-order valence-corrected chi connectivity index (χ0v) is 12.4. The first-order chi connectivity index (χ1) is 9.62. The Labute approximate surface area is 121 Å². The normalized spacial score (nSPS) is 29.0. The van der Waals surface area contributed by atoms with Crippen LogP contribution in [-0.2, 0) is 9.53 Å². The first-order valence-corrected chi connectivity index (χ1v) is 8.14. The van der Waals surface area contributed by atoms with E-state index in [1.54, 1.807) is 0 Å². The molecule has 0 aromatic rings. The molecule has 3 aliphatic rings. The highest BCUT2D eigenvalue weighted by atomic mass is 16.5. The van der Waals surface area contributed by atoms with Gasteiger partial charge in [0.25, 0.3) is 0 Å². The second-order valence-corrected chi connectivity index (χ2v) is 7.39. The van der Waals surface area contributed by atoms with Crippen LogP contribution in [0.3, 0.4) is 0 Å². The van der Waals surface area contributed by atoms with Crippen LogP contribution in [0, 0.1) is 10.8 Å². The molecule has 0 bridgehead atoms. The number of aliphatic carboxylic acids is 1. The Bertz CT molecular complexity index is 349. The fourth-order valence-electron chi connectivity index (χ4n) is 4.62. The molecule has 20 heavy (non-hydrogen) atoms. The summed E-state index contributed by atoms with van der Waals surface area (Å²) in [5.74, 6) is -0.617. The molecule has 1 N–H and O–H groups in total. The van der Waals surface area contributed by atoms with Crippen molar-refractivity contribution in [3.63, 3.8) is 0 Å². The van der Waals surface area contributed by atoms with Crippen molar-refractivity contribution in [1.82, 2.24) is 4.90 Å². The summed E-state index contributed by atoms with van der Waals surface area (Å²) in [6.07, 6.45) is 8.64. The molecular weight excluding hydrogens is 254 g/mol. The zero-order valence-electron chi connectivity index (χ0n) is 12.4. The van der Waals surface area contributed by atoms with Crippen molar-refractivity contribution in [2.75, 3.05) is 32.8 Å². The highest BCUT2D eigenvalue weighted by Crippen LogP contribution is 2.45. The van der Waals surface area contributed by atoms with Crippen molar-refractivity contribution in [2.24, 2.45) is 10.8 Å². The van der Waals surface area contributed by atoms with Gasteiger partial charge in [0.1, 0.15) is 0 Å². The summed E-state index contributed by atoms with van der Waals surface area (Å²) in [6.45, 7) is 5.15. The van der Waals surface area contributed by atoms with Gasteiger partial charge in [-0.1, -0.05) is 19.3 Å². The number of likely N-dealkylation sites (tertiary alicyclic amines) is 1. The minimum atomic E-state index is -0.617. The van der Waals surface area contributed by atoms with E-state index in [0.29, 0.717) is 11.8 Å². The molecule has 0 radical (unpaired) electrons. The van der Waals surface area contributed by atoms with Crippen molar-refractivity contribution in [1.29, 1.82) is 0 Å². The van der Waals surface area contributed by atoms with Crippen LogP contribution in [0.25, 0.3) is 0 Å². The fraction of sp³-hybridized carbons (Fsp3) is 0.938. The lowest BCUT2D eigenvalue weighted by molar-refractivity contribution is -0.142. The number of carboxylic acids is 1. The maximum atomic E-state index is 11.2. The van der Waals surface area contributed by atoms with Gasteiger partial charge in [-0.05, 0) is 31.1 Å². The Balaban J connectivity index is 1.56. The standard InChI is InChI=1S/C16H27NO3/c18-14(19)10-15(4-2-1-3-5-15)11-17-12-16(13-17)6-8-20-9-7-16/h1-13H2,(H,18,19). The highest BCUT2D eigenvalue weighted by Gasteiger charge is 2.46. The second kappa shape index (κ2) is 5.64. The van der Waals surface area contributed by atoms with E-state index >= 15 is 0 Å². The number of carbonyl (C=O) groups is 1. The molecule has 4 heteroatoms. The third-order valence-electron chi connectivity index (χ3n) is 5.67. The smallest absolute Gasteiger partial charge is 0.303 e.